The van der Waals surface area contributed by atoms with Crippen molar-refractivity contribution in [3.05, 3.63) is 63.1 Å². The number of fused-ring (bicyclic) bond motifs is 1. The number of hydrogen-bond donors (Lipinski definition) is 3. The van der Waals surface area contributed by atoms with Crippen LogP contribution in [0.1, 0.15) is 59.9 Å². The fraction of sp³-hybridized carbons (Fsp3) is 0.400. The zero-order valence-corrected chi connectivity index (χ0v) is 16.0. The molecular weight excluding hydrogens is 371 g/mol. The molecule has 0 saturated carbocycles. The SMILES string of the molecule is CCC.Cc1ccc2c(c1)NCC[C@H]2NC(=O)c1ccc(C(F)(F)F)[nH]c1=O. The lowest BCUT2D eigenvalue weighted by Crippen LogP contribution is -2.36. The number of hydrogen-bond acceptors (Lipinski definition) is 3. The van der Waals surface area contributed by atoms with Crippen LogP contribution in [0.4, 0.5) is 18.9 Å². The molecule has 0 fully saturated rings. The Morgan fingerprint density at radius 1 is 1.21 bits per heavy atom. The number of rotatable bonds is 2. The van der Waals surface area contributed by atoms with E-state index in [1.165, 1.54) is 6.42 Å². The van der Waals surface area contributed by atoms with Crippen LogP contribution in [0.3, 0.4) is 0 Å². The molecule has 8 heteroatoms. The fourth-order valence-electron chi connectivity index (χ4n) is 2.84. The molecule has 0 bridgehead atoms. The Kier molecular flexibility index (Phi) is 6.88. The van der Waals surface area contributed by atoms with Gasteiger partial charge in [0.05, 0.1) is 6.04 Å². The number of anilines is 1. The maximum atomic E-state index is 12.6. The van der Waals surface area contributed by atoms with E-state index in [2.05, 4.69) is 24.5 Å². The van der Waals surface area contributed by atoms with Crippen molar-refractivity contribution in [2.24, 2.45) is 0 Å². The molecule has 1 aromatic heterocycles. The molecule has 1 atom stereocenters. The molecule has 1 aliphatic rings. The van der Waals surface area contributed by atoms with Gasteiger partial charge in [0.1, 0.15) is 11.3 Å². The smallest absolute Gasteiger partial charge is 0.385 e. The molecule has 0 radical (unpaired) electrons. The number of benzene rings is 1. The highest BCUT2D eigenvalue weighted by Gasteiger charge is 2.32. The number of carbonyl (C=O) groups is 1. The average molecular weight is 395 g/mol. The van der Waals surface area contributed by atoms with Gasteiger partial charge in [-0.25, -0.2) is 0 Å². The topological polar surface area (TPSA) is 74.0 Å². The number of aromatic amines is 1. The van der Waals surface area contributed by atoms with Crippen molar-refractivity contribution in [1.82, 2.24) is 10.3 Å². The molecular formula is C20H24F3N3O2. The number of pyridine rings is 1. The van der Waals surface area contributed by atoms with Crippen molar-refractivity contribution in [1.29, 1.82) is 0 Å². The van der Waals surface area contributed by atoms with Gasteiger partial charge in [0.25, 0.3) is 11.5 Å². The molecule has 3 rings (SSSR count). The number of halogens is 3. The van der Waals surface area contributed by atoms with Gasteiger partial charge in [-0.2, -0.15) is 13.2 Å². The highest BCUT2D eigenvalue weighted by molar-refractivity contribution is 5.94. The van der Waals surface area contributed by atoms with Crippen LogP contribution in [0.25, 0.3) is 0 Å². The van der Waals surface area contributed by atoms with Gasteiger partial charge in [-0.05, 0) is 42.7 Å². The summed E-state index contributed by atoms with van der Waals surface area (Å²) in [5.41, 5.74) is 0.256. The number of aryl methyl sites for hydroxylation is 1. The second kappa shape index (κ2) is 8.95. The van der Waals surface area contributed by atoms with Crippen molar-refractivity contribution >= 4 is 11.6 Å². The van der Waals surface area contributed by atoms with Crippen LogP contribution in [-0.2, 0) is 6.18 Å². The number of aromatic nitrogens is 1. The number of amides is 1. The summed E-state index contributed by atoms with van der Waals surface area (Å²) >= 11 is 0. The van der Waals surface area contributed by atoms with Gasteiger partial charge >= 0.3 is 6.18 Å². The fourth-order valence-corrected chi connectivity index (χ4v) is 2.84. The number of carbonyl (C=O) groups excluding carboxylic acids is 1. The highest BCUT2D eigenvalue weighted by Crippen LogP contribution is 2.31. The number of alkyl halides is 3. The minimum absolute atomic E-state index is 0.314. The lowest BCUT2D eigenvalue weighted by atomic mass is 9.96. The van der Waals surface area contributed by atoms with E-state index in [1.807, 2.05) is 25.1 Å². The first-order valence-corrected chi connectivity index (χ1v) is 9.13. The van der Waals surface area contributed by atoms with Crippen molar-refractivity contribution < 1.29 is 18.0 Å². The maximum Gasteiger partial charge on any atom is 0.431 e. The van der Waals surface area contributed by atoms with E-state index in [-0.39, 0.29) is 11.6 Å². The van der Waals surface area contributed by atoms with E-state index < -0.39 is 23.3 Å². The molecule has 1 amide bonds. The summed E-state index contributed by atoms with van der Waals surface area (Å²) in [5.74, 6) is -0.701. The van der Waals surface area contributed by atoms with Gasteiger partial charge in [-0.15, -0.1) is 0 Å². The minimum atomic E-state index is -4.67. The van der Waals surface area contributed by atoms with Gasteiger partial charge in [0, 0.05) is 12.2 Å². The summed E-state index contributed by atoms with van der Waals surface area (Å²) in [5, 5.41) is 5.97. The third kappa shape index (κ3) is 5.15. The van der Waals surface area contributed by atoms with Crippen LogP contribution in [0.15, 0.2) is 35.1 Å². The molecule has 0 aliphatic carbocycles. The Hall–Kier alpha value is -2.77. The first-order valence-electron chi connectivity index (χ1n) is 9.13. The third-order valence-electron chi connectivity index (χ3n) is 4.10. The largest absolute Gasteiger partial charge is 0.431 e. The molecule has 0 unspecified atom stereocenters. The average Bonchev–Trinajstić information content (AvgIpc) is 2.61. The lowest BCUT2D eigenvalue weighted by molar-refractivity contribution is -0.141. The van der Waals surface area contributed by atoms with Gasteiger partial charge < -0.3 is 15.6 Å². The van der Waals surface area contributed by atoms with E-state index in [4.69, 9.17) is 0 Å². The summed E-state index contributed by atoms with van der Waals surface area (Å²) in [6.45, 7) is 6.84. The van der Waals surface area contributed by atoms with Crippen LogP contribution < -0.4 is 16.2 Å². The standard InChI is InChI=1S/C17H16F3N3O2.C3H8/c1-9-2-3-10-12(6-7-21-13(10)8-9)22-15(24)11-4-5-14(17(18,19)20)23-16(11)25;1-3-2/h2-5,8,12,21H,6-7H2,1H3,(H,22,24)(H,23,25);3H2,1-2H3/t12-;/m1./s1. The van der Waals surface area contributed by atoms with Gasteiger partial charge in [0.2, 0.25) is 0 Å². The summed E-state index contributed by atoms with van der Waals surface area (Å²) < 4.78 is 37.8. The Labute approximate surface area is 161 Å². The predicted octanol–water partition coefficient (Wildman–Crippen LogP) is 4.41. The second-order valence-electron chi connectivity index (χ2n) is 6.65. The lowest BCUT2D eigenvalue weighted by Gasteiger charge is -2.27. The molecule has 0 saturated heterocycles. The van der Waals surface area contributed by atoms with Crippen molar-refractivity contribution in [3.63, 3.8) is 0 Å². The summed E-state index contributed by atoms with van der Waals surface area (Å²) in [6.07, 6.45) is -2.81. The molecule has 2 heterocycles. The van der Waals surface area contributed by atoms with Gasteiger partial charge in [0.15, 0.2) is 0 Å². The second-order valence-corrected chi connectivity index (χ2v) is 6.65. The molecule has 1 aromatic carbocycles. The summed E-state index contributed by atoms with van der Waals surface area (Å²) in [4.78, 5) is 25.9. The highest BCUT2D eigenvalue weighted by atomic mass is 19.4. The van der Waals surface area contributed by atoms with Crippen LogP contribution in [0.5, 0.6) is 0 Å². The minimum Gasteiger partial charge on any atom is -0.385 e. The van der Waals surface area contributed by atoms with Crippen LogP contribution in [0.2, 0.25) is 0 Å². The molecule has 28 heavy (non-hydrogen) atoms. The monoisotopic (exact) mass is 395 g/mol. The van der Waals surface area contributed by atoms with E-state index >= 15 is 0 Å². The number of H-pyrrole nitrogens is 1. The molecule has 152 valence electrons. The zero-order valence-electron chi connectivity index (χ0n) is 16.0. The van der Waals surface area contributed by atoms with Crippen molar-refractivity contribution in [3.8, 4) is 0 Å². The van der Waals surface area contributed by atoms with Crippen LogP contribution in [0, 0.1) is 6.92 Å². The third-order valence-corrected chi connectivity index (χ3v) is 4.10. The van der Waals surface area contributed by atoms with Crippen molar-refractivity contribution in [2.75, 3.05) is 11.9 Å². The molecule has 1 aliphatic heterocycles. The predicted molar refractivity (Wildman–Crippen MR) is 103 cm³/mol. The normalized spacial score (nSPS) is 15.6. The van der Waals surface area contributed by atoms with E-state index in [0.717, 1.165) is 22.9 Å². The Morgan fingerprint density at radius 3 is 2.50 bits per heavy atom. The first kappa shape index (κ1) is 21.5. The summed E-state index contributed by atoms with van der Waals surface area (Å²) in [6, 6.07) is 7.03. The Balaban J connectivity index is 0.000000878. The molecule has 2 aromatic rings. The van der Waals surface area contributed by atoms with Crippen molar-refractivity contribution in [2.45, 2.75) is 45.8 Å². The molecule has 5 nitrogen and oxygen atoms in total. The Bertz CT molecular complexity index is 891. The first-order chi connectivity index (χ1) is 13.2. The van der Waals surface area contributed by atoms with E-state index in [1.54, 1.807) is 4.98 Å². The Morgan fingerprint density at radius 2 is 1.89 bits per heavy atom. The quantitative estimate of drug-likeness (QED) is 0.705. The van der Waals surface area contributed by atoms with Crippen LogP contribution in [-0.4, -0.2) is 17.4 Å². The number of nitrogens with one attached hydrogen (secondary N) is 3. The molecule has 0 spiro atoms. The van der Waals surface area contributed by atoms with Gasteiger partial charge in [-0.1, -0.05) is 32.4 Å². The summed E-state index contributed by atoms with van der Waals surface area (Å²) in [7, 11) is 0. The van der Waals surface area contributed by atoms with Crippen LogP contribution >= 0.6 is 0 Å². The van der Waals surface area contributed by atoms with E-state index in [9.17, 15) is 22.8 Å². The van der Waals surface area contributed by atoms with E-state index in [0.29, 0.717) is 19.0 Å². The zero-order chi connectivity index (χ0) is 20.9. The maximum absolute atomic E-state index is 12.6. The molecule has 3 N–H and O–H groups in total. The van der Waals surface area contributed by atoms with Gasteiger partial charge in [-0.3, -0.25) is 9.59 Å².